The molecule has 0 amide bonds. The minimum Gasteiger partial charge on any atom is -0.507 e. The monoisotopic (exact) mass is 350 g/mol. The number of phenolic OH excluding ortho intramolecular Hbond substituents is 1. The van der Waals surface area contributed by atoms with E-state index in [0.29, 0.717) is 11.5 Å². The van der Waals surface area contributed by atoms with Gasteiger partial charge in [0.25, 0.3) is 10.0 Å². The van der Waals surface area contributed by atoms with E-state index >= 15 is 0 Å². The number of nitrogens with one attached hydrogen (secondary N) is 1. The molecule has 0 unspecified atom stereocenters. The van der Waals surface area contributed by atoms with Crippen LogP contribution >= 0.6 is 0 Å². The van der Waals surface area contributed by atoms with Gasteiger partial charge in [-0.05, 0) is 19.1 Å². The number of sulfonamides is 1. The number of methoxy groups -OCH3 is 2. The van der Waals surface area contributed by atoms with Crippen LogP contribution in [0.4, 0.5) is 0 Å². The summed E-state index contributed by atoms with van der Waals surface area (Å²) in [5, 5.41) is 13.7. The van der Waals surface area contributed by atoms with Crippen LogP contribution in [0.1, 0.15) is 11.1 Å². The normalized spacial score (nSPS) is 11.5. The molecular weight excluding hydrogens is 332 g/mol. The van der Waals surface area contributed by atoms with Gasteiger partial charge in [-0.3, -0.25) is 0 Å². The van der Waals surface area contributed by atoms with Gasteiger partial charge >= 0.3 is 0 Å². The fraction of sp³-hybridized carbons (Fsp3) is 0.188. The van der Waals surface area contributed by atoms with Crippen LogP contribution in [0, 0.1) is 6.92 Å². The molecule has 2 aromatic carbocycles. The van der Waals surface area contributed by atoms with Crippen molar-refractivity contribution in [1.29, 1.82) is 0 Å². The summed E-state index contributed by atoms with van der Waals surface area (Å²) < 4.78 is 34.4. The zero-order chi connectivity index (χ0) is 17.7. The number of ether oxygens (including phenoxy) is 2. The van der Waals surface area contributed by atoms with Crippen molar-refractivity contribution in [3.8, 4) is 17.2 Å². The van der Waals surface area contributed by atoms with Crippen molar-refractivity contribution in [3.05, 3.63) is 47.5 Å². The minimum absolute atomic E-state index is 0.0937. The average molecular weight is 350 g/mol. The highest BCUT2D eigenvalue weighted by atomic mass is 32.2. The van der Waals surface area contributed by atoms with Crippen LogP contribution < -0.4 is 14.3 Å². The number of phenols is 1. The number of rotatable bonds is 6. The smallest absolute Gasteiger partial charge is 0.276 e. The van der Waals surface area contributed by atoms with E-state index < -0.39 is 10.0 Å². The maximum atomic E-state index is 12.1. The zero-order valence-corrected chi connectivity index (χ0v) is 14.3. The molecule has 0 heterocycles. The molecule has 128 valence electrons. The van der Waals surface area contributed by atoms with E-state index in [1.807, 2.05) is 6.92 Å². The molecule has 0 aromatic heterocycles. The van der Waals surface area contributed by atoms with Crippen LogP contribution in [-0.4, -0.2) is 34.0 Å². The van der Waals surface area contributed by atoms with E-state index in [0.717, 1.165) is 5.56 Å². The third kappa shape index (κ3) is 3.96. The Labute approximate surface area is 140 Å². The Hall–Kier alpha value is -2.74. The van der Waals surface area contributed by atoms with Crippen LogP contribution in [0.2, 0.25) is 0 Å². The van der Waals surface area contributed by atoms with E-state index in [9.17, 15) is 13.5 Å². The molecule has 0 saturated heterocycles. The molecule has 0 saturated carbocycles. The Bertz CT molecular complexity index is 846. The molecule has 0 fully saturated rings. The fourth-order valence-electron chi connectivity index (χ4n) is 1.93. The van der Waals surface area contributed by atoms with Crippen molar-refractivity contribution >= 4 is 16.2 Å². The Balaban J connectivity index is 2.24. The largest absolute Gasteiger partial charge is 0.507 e. The molecule has 0 aliphatic rings. The molecule has 0 aliphatic heterocycles. The molecule has 8 heteroatoms. The molecule has 2 rings (SSSR count). The quantitative estimate of drug-likeness (QED) is 0.614. The lowest BCUT2D eigenvalue weighted by Crippen LogP contribution is -2.18. The maximum Gasteiger partial charge on any atom is 0.276 e. The molecule has 0 bridgehead atoms. The molecule has 2 aromatic rings. The van der Waals surface area contributed by atoms with Crippen molar-refractivity contribution in [3.63, 3.8) is 0 Å². The Morgan fingerprint density at radius 3 is 2.38 bits per heavy atom. The lowest BCUT2D eigenvalue weighted by molar-refractivity contribution is 0.384. The number of nitrogens with zero attached hydrogens (tertiary/aromatic N) is 1. The minimum atomic E-state index is -3.79. The van der Waals surface area contributed by atoms with Crippen LogP contribution in [0.15, 0.2) is 46.4 Å². The summed E-state index contributed by atoms with van der Waals surface area (Å²) >= 11 is 0. The molecule has 2 N–H and O–H groups in total. The highest BCUT2D eigenvalue weighted by Crippen LogP contribution is 2.31. The summed E-state index contributed by atoms with van der Waals surface area (Å²) in [4.78, 5) is 2.19. The second-order valence-corrected chi connectivity index (χ2v) is 6.59. The molecule has 0 atom stereocenters. The lowest BCUT2D eigenvalue weighted by Gasteiger charge is -2.09. The molecule has 7 nitrogen and oxygen atoms in total. The molecule has 0 aliphatic carbocycles. The van der Waals surface area contributed by atoms with Crippen molar-refractivity contribution in [2.24, 2.45) is 5.10 Å². The van der Waals surface area contributed by atoms with Gasteiger partial charge in [0.15, 0.2) is 0 Å². The summed E-state index contributed by atoms with van der Waals surface area (Å²) in [6, 6.07) is 9.28. The third-order valence-corrected chi connectivity index (χ3v) is 4.49. The first kappa shape index (κ1) is 17.6. The highest BCUT2D eigenvalue weighted by Gasteiger charge is 2.13. The number of hydrogen-bond donors (Lipinski definition) is 2. The summed E-state index contributed by atoms with van der Waals surface area (Å²) in [7, 11) is -0.913. The second-order valence-electron chi connectivity index (χ2n) is 4.93. The number of benzene rings is 2. The van der Waals surface area contributed by atoms with Crippen LogP contribution in [-0.2, 0) is 10.0 Å². The van der Waals surface area contributed by atoms with Gasteiger partial charge in [-0.1, -0.05) is 17.7 Å². The number of aromatic hydroxyl groups is 1. The summed E-state index contributed by atoms with van der Waals surface area (Å²) in [6.45, 7) is 1.86. The topological polar surface area (TPSA) is 97.2 Å². The zero-order valence-electron chi connectivity index (χ0n) is 13.5. The summed E-state index contributed by atoms with van der Waals surface area (Å²) in [5.74, 6) is 0.552. The van der Waals surface area contributed by atoms with E-state index in [1.165, 1.54) is 38.6 Å². The Morgan fingerprint density at radius 1 is 1.12 bits per heavy atom. The Morgan fingerprint density at radius 2 is 1.79 bits per heavy atom. The van der Waals surface area contributed by atoms with Gasteiger partial charge in [0.2, 0.25) is 0 Å². The predicted molar refractivity (Wildman–Crippen MR) is 90.3 cm³/mol. The fourth-order valence-corrected chi connectivity index (χ4v) is 2.73. The van der Waals surface area contributed by atoms with Gasteiger partial charge in [0, 0.05) is 12.1 Å². The number of hydrazone groups is 1. The first-order valence-corrected chi connectivity index (χ1v) is 8.42. The number of aryl methyl sites for hydroxylation is 1. The van der Waals surface area contributed by atoms with Gasteiger partial charge in [-0.15, -0.1) is 0 Å². The van der Waals surface area contributed by atoms with Gasteiger partial charge in [-0.25, -0.2) is 4.83 Å². The van der Waals surface area contributed by atoms with Crippen molar-refractivity contribution in [1.82, 2.24) is 4.83 Å². The summed E-state index contributed by atoms with van der Waals surface area (Å²) in [5.41, 5.74) is 1.18. The SMILES string of the molecule is COc1cc(O)c(/C=N\NS(=O)(=O)c2ccc(C)cc2)c(OC)c1. The second kappa shape index (κ2) is 7.22. The Kier molecular flexibility index (Phi) is 5.30. The standard InChI is InChI=1S/C16H18N2O5S/c1-11-4-6-13(7-5-11)24(20,21)18-17-10-14-15(19)8-12(22-2)9-16(14)23-3/h4-10,18-19H,1-3H3/b17-10-. The number of hydrogen-bond acceptors (Lipinski definition) is 6. The van der Waals surface area contributed by atoms with E-state index in [-0.39, 0.29) is 16.2 Å². The molecule has 0 spiro atoms. The van der Waals surface area contributed by atoms with Crippen LogP contribution in [0.25, 0.3) is 0 Å². The van der Waals surface area contributed by atoms with E-state index in [1.54, 1.807) is 18.2 Å². The van der Waals surface area contributed by atoms with Crippen molar-refractivity contribution < 1.29 is 23.0 Å². The maximum absolute atomic E-state index is 12.1. The predicted octanol–water partition coefficient (Wildman–Crippen LogP) is 2.03. The molecule has 0 radical (unpaired) electrons. The highest BCUT2D eigenvalue weighted by molar-refractivity contribution is 7.89. The molecular formula is C16H18N2O5S. The van der Waals surface area contributed by atoms with Gasteiger partial charge in [0.1, 0.15) is 17.2 Å². The van der Waals surface area contributed by atoms with Gasteiger partial charge < -0.3 is 14.6 Å². The third-order valence-electron chi connectivity index (χ3n) is 3.25. The van der Waals surface area contributed by atoms with Crippen LogP contribution in [0.3, 0.4) is 0 Å². The van der Waals surface area contributed by atoms with E-state index in [2.05, 4.69) is 9.93 Å². The lowest BCUT2D eigenvalue weighted by atomic mass is 10.2. The van der Waals surface area contributed by atoms with Gasteiger partial charge in [0.05, 0.1) is 30.9 Å². The van der Waals surface area contributed by atoms with Crippen molar-refractivity contribution in [2.75, 3.05) is 14.2 Å². The average Bonchev–Trinajstić information content (AvgIpc) is 2.56. The van der Waals surface area contributed by atoms with Crippen LogP contribution in [0.5, 0.6) is 17.2 Å². The van der Waals surface area contributed by atoms with E-state index in [4.69, 9.17) is 9.47 Å². The first-order valence-electron chi connectivity index (χ1n) is 6.94. The molecule has 24 heavy (non-hydrogen) atoms. The summed E-state index contributed by atoms with van der Waals surface area (Å²) in [6.07, 6.45) is 1.17. The first-order chi connectivity index (χ1) is 11.4. The van der Waals surface area contributed by atoms with Crippen molar-refractivity contribution in [2.45, 2.75) is 11.8 Å². The van der Waals surface area contributed by atoms with Gasteiger partial charge in [-0.2, -0.15) is 13.5 Å².